The third kappa shape index (κ3) is 4.59. The van der Waals surface area contributed by atoms with Gasteiger partial charge < -0.3 is 25.2 Å². The van der Waals surface area contributed by atoms with Gasteiger partial charge in [-0.3, -0.25) is 9.48 Å². The van der Waals surface area contributed by atoms with Crippen LogP contribution >= 0.6 is 0 Å². The van der Waals surface area contributed by atoms with E-state index in [1.54, 1.807) is 10.9 Å². The number of pyridine rings is 1. The summed E-state index contributed by atoms with van der Waals surface area (Å²) in [5, 5.41) is 22.5. The number of aliphatic hydroxyl groups is 1. The van der Waals surface area contributed by atoms with Gasteiger partial charge in [-0.1, -0.05) is 47.6 Å². The smallest absolute Gasteiger partial charge is 0.274 e. The third-order valence-corrected chi connectivity index (χ3v) is 9.50. The van der Waals surface area contributed by atoms with Gasteiger partial charge in [0.1, 0.15) is 5.82 Å². The molecular formula is C33H34N8O3. The van der Waals surface area contributed by atoms with Gasteiger partial charge in [-0.25, -0.2) is 9.67 Å². The van der Waals surface area contributed by atoms with Crippen molar-refractivity contribution in [2.24, 2.45) is 0 Å². The average Bonchev–Trinajstić information content (AvgIpc) is 3.69. The van der Waals surface area contributed by atoms with E-state index in [4.69, 9.17) is 14.5 Å². The lowest BCUT2D eigenvalue weighted by molar-refractivity contribution is 0.0747. The Labute approximate surface area is 253 Å². The molecule has 3 aromatic heterocycles. The van der Waals surface area contributed by atoms with Crippen LogP contribution in [-0.2, 0) is 18.5 Å². The maximum Gasteiger partial charge on any atom is 0.274 e. The second-order valence-corrected chi connectivity index (χ2v) is 12.0. The molecule has 3 fully saturated rings. The Bertz CT molecular complexity index is 1900. The topological polar surface area (TPSA) is 126 Å². The molecule has 11 heteroatoms. The molecular weight excluding hydrogens is 556 g/mol. The molecule has 0 amide bonds. The van der Waals surface area contributed by atoms with E-state index in [2.05, 4.69) is 26.8 Å². The summed E-state index contributed by atoms with van der Waals surface area (Å²) in [4.78, 5) is 25.0. The maximum atomic E-state index is 12.9. The summed E-state index contributed by atoms with van der Waals surface area (Å²) in [6.07, 6.45) is 8.93. The minimum absolute atomic E-state index is 0.0121. The van der Waals surface area contributed by atoms with Gasteiger partial charge in [0.15, 0.2) is 5.82 Å². The molecule has 4 aliphatic rings. The zero-order valence-corrected chi connectivity index (χ0v) is 24.3. The molecule has 3 N–H and O–H groups in total. The van der Waals surface area contributed by atoms with Crippen LogP contribution in [0, 0.1) is 0 Å². The number of hydrogen-bond donors (Lipinski definition) is 3. The van der Waals surface area contributed by atoms with Crippen LogP contribution < -0.4 is 16.2 Å². The number of nitrogens with zero attached hydrogens (tertiary/aromatic N) is 6. The highest BCUT2D eigenvalue weighted by atomic mass is 16.5. The number of nitrogens with one attached hydrogen (secondary N) is 2. The van der Waals surface area contributed by atoms with Crippen LogP contribution in [0.25, 0.3) is 22.4 Å². The summed E-state index contributed by atoms with van der Waals surface area (Å²) in [7, 11) is 0. The molecule has 44 heavy (non-hydrogen) atoms. The van der Waals surface area contributed by atoms with Crippen molar-refractivity contribution in [3.63, 3.8) is 0 Å². The summed E-state index contributed by atoms with van der Waals surface area (Å²) in [6, 6.07) is 17.1. The molecule has 3 saturated heterocycles. The number of piperidine rings is 3. The number of hydrogen-bond acceptors (Lipinski definition) is 9. The highest BCUT2D eigenvalue weighted by Crippen LogP contribution is 2.42. The van der Waals surface area contributed by atoms with Gasteiger partial charge >= 0.3 is 0 Å². The molecule has 2 aromatic carbocycles. The van der Waals surface area contributed by atoms with Crippen LogP contribution in [0.4, 0.5) is 17.2 Å². The Balaban J connectivity index is 1.15. The Hall–Kier alpha value is -4.74. The summed E-state index contributed by atoms with van der Waals surface area (Å²) >= 11 is 0. The minimum Gasteiger partial charge on any atom is -0.394 e. The fourth-order valence-corrected chi connectivity index (χ4v) is 6.89. The van der Waals surface area contributed by atoms with Crippen molar-refractivity contribution in [3.05, 3.63) is 94.7 Å². The summed E-state index contributed by atoms with van der Waals surface area (Å²) in [5.41, 5.74) is 3.99. The molecule has 0 spiro atoms. The molecule has 4 aliphatic heterocycles. The number of anilines is 3. The van der Waals surface area contributed by atoms with Crippen molar-refractivity contribution < 1.29 is 9.63 Å². The van der Waals surface area contributed by atoms with Gasteiger partial charge in [0.05, 0.1) is 47.9 Å². The van der Waals surface area contributed by atoms with Crippen molar-refractivity contribution >= 4 is 28.1 Å². The molecule has 2 bridgehead atoms. The molecule has 7 heterocycles. The van der Waals surface area contributed by atoms with Gasteiger partial charge in [0.25, 0.3) is 11.4 Å². The zero-order chi connectivity index (χ0) is 29.7. The Morgan fingerprint density at radius 2 is 1.75 bits per heavy atom. The van der Waals surface area contributed by atoms with Crippen LogP contribution in [-0.4, -0.2) is 60.7 Å². The lowest BCUT2D eigenvalue weighted by atomic mass is 9.71. The van der Waals surface area contributed by atoms with Crippen molar-refractivity contribution in [2.45, 2.75) is 43.8 Å². The van der Waals surface area contributed by atoms with Gasteiger partial charge in [-0.05, 0) is 62.7 Å². The van der Waals surface area contributed by atoms with Gasteiger partial charge in [0, 0.05) is 23.4 Å². The van der Waals surface area contributed by atoms with E-state index in [0.29, 0.717) is 41.4 Å². The first-order chi connectivity index (χ1) is 21.6. The Kier molecular flexibility index (Phi) is 6.57. The van der Waals surface area contributed by atoms with Crippen LogP contribution in [0.1, 0.15) is 36.7 Å². The average molecular weight is 591 g/mol. The largest absolute Gasteiger partial charge is 0.394 e. The lowest BCUT2D eigenvalue weighted by Crippen LogP contribution is -2.51. The molecule has 11 nitrogen and oxygen atoms in total. The molecule has 0 radical (unpaired) electrons. The first-order valence-electron chi connectivity index (χ1n) is 15.2. The van der Waals surface area contributed by atoms with E-state index in [1.807, 2.05) is 65.4 Å². The minimum atomic E-state index is -0.363. The van der Waals surface area contributed by atoms with E-state index in [-0.39, 0.29) is 23.6 Å². The first kappa shape index (κ1) is 26.9. The molecule has 0 saturated carbocycles. The van der Waals surface area contributed by atoms with E-state index in [1.165, 1.54) is 0 Å². The van der Waals surface area contributed by atoms with E-state index < -0.39 is 0 Å². The predicted molar refractivity (Wildman–Crippen MR) is 168 cm³/mol. The number of rotatable bonds is 8. The number of aliphatic hydroxyl groups excluding tert-OH is 1. The van der Waals surface area contributed by atoms with Crippen LogP contribution in [0.3, 0.4) is 0 Å². The molecule has 0 unspecified atom stereocenters. The second-order valence-electron chi connectivity index (χ2n) is 12.0. The maximum absolute atomic E-state index is 12.9. The Morgan fingerprint density at radius 3 is 2.52 bits per heavy atom. The van der Waals surface area contributed by atoms with Gasteiger partial charge in [-0.2, -0.15) is 4.98 Å². The summed E-state index contributed by atoms with van der Waals surface area (Å²) in [5.74, 6) is 1.78. The first-order valence-corrected chi connectivity index (χ1v) is 15.2. The third-order valence-electron chi connectivity index (χ3n) is 9.50. The zero-order valence-electron chi connectivity index (χ0n) is 24.3. The van der Waals surface area contributed by atoms with E-state index in [9.17, 15) is 9.90 Å². The summed E-state index contributed by atoms with van der Waals surface area (Å²) < 4.78 is 9.66. The number of benzene rings is 2. The highest BCUT2D eigenvalue weighted by Gasteiger charge is 2.44. The second kappa shape index (κ2) is 10.8. The standard InChI is InChI=1S/C33H34N8O3/c42-21-27(22-6-2-1-3-7-22)36-26-19-29(35-23-8-9-24-28(18-23)40-13-4-5-14-41(40)31(24)43)34-20-25(26)30-37-32(38-44-30)33-10-15-39(16-11-33)17-12-33/h1-9,18-20,27,42H,10-17,21H2,(H2,34,35,36)/t27-/m1/s1. The van der Waals surface area contributed by atoms with Crippen molar-refractivity contribution in [3.8, 4) is 11.5 Å². The SMILES string of the molecule is O=c1c2ccc(Nc3cc(N[C@H](CO)c4ccccc4)c(-c4nc(C56CCN(CC5)CC6)no4)cn3)cc2n2n1CC=CC2. The fraction of sp³-hybridized carbons (Fsp3) is 0.333. The van der Waals surface area contributed by atoms with E-state index in [0.717, 1.165) is 61.5 Å². The van der Waals surface area contributed by atoms with Crippen LogP contribution in [0.15, 0.2) is 82.3 Å². The van der Waals surface area contributed by atoms with Crippen molar-refractivity contribution in [1.29, 1.82) is 0 Å². The fourth-order valence-electron chi connectivity index (χ4n) is 6.89. The van der Waals surface area contributed by atoms with Crippen molar-refractivity contribution in [1.82, 2.24) is 29.4 Å². The van der Waals surface area contributed by atoms with Gasteiger partial charge in [-0.15, -0.1) is 0 Å². The monoisotopic (exact) mass is 590 g/mol. The predicted octanol–water partition coefficient (Wildman–Crippen LogP) is 4.44. The van der Waals surface area contributed by atoms with E-state index >= 15 is 0 Å². The van der Waals surface area contributed by atoms with Crippen LogP contribution in [0.2, 0.25) is 0 Å². The number of aromatic nitrogens is 5. The lowest BCUT2D eigenvalue weighted by Gasteiger charge is -2.46. The normalized spacial score (nSPS) is 21.3. The number of fused-ring (bicyclic) bond motifs is 6. The highest BCUT2D eigenvalue weighted by molar-refractivity contribution is 5.84. The molecule has 0 aliphatic carbocycles. The molecule has 224 valence electrons. The molecule has 5 aromatic rings. The van der Waals surface area contributed by atoms with Gasteiger partial charge in [0.2, 0.25) is 0 Å². The molecule has 9 rings (SSSR count). The Morgan fingerprint density at radius 1 is 0.977 bits per heavy atom. The van der Waals surface area contributed by atoms with Crippen molar-refractivity contribution in [2.75, 3.05) is 36.9 Å². The van der Waals surface area contributed by atoms with Crippen LogP contribution in [0.5, 0.6) is 0 Å². The summed E-state index contributed by atoms with van der Waals surface area (Å²) in [6.45, 7) is 4.31. The molecule has 1 atom stereocenters. The quantitative estimate of drug-likeness (QED) is 0.225. The number of allylic oxidation sites excluding steroid dienone is 2.